The van der Waals surface area contributed by atoms with Crippen LogP contribution in [0.25, 0.3) is 0 Å². The highest BCUT2D eigenvalue weighted by atomic mass is 19.1. The summed E-state index contributed by atoms with van der Waals surface area (Å²) in [6, 6.07) is -0.709. The molecule has 0 bridgehead atoms. The summed E-state index contributed by atoms with van der Waals surface area (Å²) in [5.41, 5.74) is 0. The second-order valence-corrected chi connectivity index (χ2v) is 3.80. The fourth-order valence-corrected chi connectivity index (χ4v) is 1.81. The van der Waals surface area contributed by atoms with E-state index in [1.807, 2.05) is 6.92 Å². The van der Waals surface area contributed by atoms with Gasteiger partial charge in [-0.2, -0.15) is 0 Å². The summed E-state index contributed by atoms with van der Waals surface area (Å²) in [7, 11) is 0. The Kier molecular flexibility index (Phi) is 4.05. The smallest absolute Gasteiger partial charge is 0.245 e. The van der Waals surface area contributed by atoms with Gasteiger partial charge in [0, 0.05) is 19.0 Å². The van der Waals surface area contributed by atoms with Crippen LogP contribution in [0.3, 0.4) is 0 Å². The second-order valence-electron chi connectivity index (χ2n) is 3.80. The highest BCUT2D eigenvalue weighted by molar-refractivity contribution is 5.90. The maximum atomic E-state index is 12.3. The Morgan fingerprint density at radius 1 is 1.53 bits per heavy atom. The van der Waals surface area contributed by atoms with Crippen molar-refractivity contribution in [1.29, 1.82) is 0 Å². The average Bonchev–Trinajstić information content (AvgIpc) is 2.29. The van der Waals surface area contributed by atoms with Crippen molar-refractivity contribution in [3.8, 4) is 0 Å². The third-order valence-corrected chi connectivity index (χ3v) is 2.66. The zero-order valence-corrected chi connectivity index (χ0v) is 9.12. The first-order valence-electron chi connectivity index (χ1n) is 5.26. The van der Waals surface area contributed by atoms with Crippen molar-refractivity contribution in [2.75, 3.05) is 13.2 Å². The Morgan fingerprint density at radius 3 is 2.73 bits per heavy atom. The number of amides is 2. The summed E-state index contributed by atoms with van der Waals surface area (Å²) in [5.74, 6) is -0.308. The first-order chi connectivity index (χ1) is 7.10. The molecular formula is C10H17FN2O2. The standard InChI is InChI=1S/C10H17FN2O2/c1-3-8-10(15)13(5-4-11)7(2)6-9(14)12-8/h7-8H,3-6H2,1-2H3,(H,12,14). The molecule has 1 fully saturated rings. The lowest BCUT2D eigenvalue weighted by atomic mass is 10.2. The van der Waals surface area contributed by atoms with E-state index in [2.05, 4.69) is 5.32 Å². The molecule has 86 valence electrons. The van der Waals surface area contributed by atoms with Crippen molar-refractivity contribution in [3.63, 3.8) is 0 Å². The van der Waals surface area contributed by atoms with E-state index in [1.165, 1.54) is 4.90 Å². The molecule has 1 aliphatic rings. The lowest BCUT2D eigenvalue weighted by Gasteiger charge is -2.27. The van der Waals surface area contributed by atoms with E-state index < -0.39 is 12.7 Å². The summed E-state index contributed by atoms with van der Waals surface area (Å²) in [5, 5.41) is 2.64. The molecule has 2 unspecified atom stereocenters. The molecule has 2 amide bonds. The van der Waals surface area contributed by atoms with Crippen LogP contribution in [0.2, 0.25) is 0 Å². The molecule has 0 aromatic heterocycles. The number of nitrogens with one attached hydrogen (secondary N) is 1. The van der Waals surface area contributed by atoms with Crippen LogP contribution in [0.5, 0.6) is 0 Å². The molecule has 2 atom stereocenters. The molecule has 1 aliphatic heterocycles. The van der Waals surface area contributed by atoms with Gasteiger partial charge in [-0.1, -0.05) is 6.92 Å². The fourth-order valence-electron chi connectivity index (χ4n) is 1.81. The first-order valence-corrected chi connectivity index (χ1v) is 5.26. The Balaban J connectivity index is 2.83. The zero-order chi connectivity index (χ0) is 11.4. The largest absolute Gasteiger partial charge is 0.344 e. The van der Waals surface area contributed by atoms with Gasteiger partial charge in [0.1, 0.15) is 12.7 Å². The van der Waals surface area contributed by atoms with Gasteiger partial charge in [-0.25, -0.2) is 4.39 Å². The predicted molar refractivity (Wildman–Crippen MR) is 54.0 cm³/mol. The summed E-state index contributed by atoms with van der Waals surface area (Å²) in [4.78, 5) is 24.7. The van der Waals surface area contributed by atoms with Crippen LogP contribution in [0.15, 0.2) is 0 Å². The molecule has 4 nitrogen and oxygen atoms in total. The molecule has 1 N–H and O–H groups in total. The van der Waals surface area contributed by atoms with Crippen molar-refractivity contribution < 1.29 is 14.0 Å². The number of halogens is 1. The minimum absolute atomic E-state index is 0.0749. The Hall–Kier alpha value is -1.13. The molecule has 0 aromatic rings. The van der Waals surface area contributed by atoms with E-state index in [1.54, 1.807) is 6.92 Å². The Bertz CT molecular complexity index is 258. The van der Waals surface area contributed by atoms with Crippen LogP contribution in [0, 0.1) is 0 Å². The number of carbonyl (C=O) groups excluding carboxylic acids is 2. The normalized spacial score (nSPS) is 27.5. The van der Waals surface area contributed by atoms with Crippen LogP contribution in [-0.2, 0) is 9.59 Å². The number of alkyl halides is 1. The molecule has 1 rings (SSSR count). The monoisotopic (exact) mass is 216 g/mol. The van der Waals surface area contributed by atoms with E-state index in [0.717, 1.165) is 0 Å². The van der Waals surface area contributed by atoms with E-state index >= 15 is 0 Å². The van der Waals surface area contributed by atoms with Crippen molar-refractivity contribution in [1.82, 2.24) is 10.2 Å². The maximum Gasteiger partial charge on any atom is 0.245 e. The summed E-state index contributed by atoms with van der Waals surface area (Å²) in [6.45, 7) is 3.10. The van der Waals surface area contributed by atoms with Gasteiger partial charge in [0.25, 0.3) is 0 Å². The molecule has 15 heavy (non-hydrogen) atoms. The van der Waals surface area contributed by atoms with Gasteiger partial charge < -0.3 is 10.2 Å². The van der Waals surface area contributed by atoms with Crippen molar-refractivity contribution in [2.24, 2.45) is 0 Å². The highest BCUT2D eigenvalue weighted by Crippen LogP contribution is 2.12. The molecule has 0 aromatic carbocycles. The molecule has 0 radical (unpaired) electrons. The van der Waals surface area contributed by atoms with Gasteiger partial charge in [0.2, 0.25) is 11.8 Å². The molecule has 0 spiro atoms. The SMILES string of the molecule is CCC1NC(=O)CC(C)N(CCF)C1=O. The molecule has 0 aliphatic carbocycles. The third kappa shape index (κ3) is 2.67. The Morgan fingerprint density at radius 2 is 2.20 bits per heavy atom. The number of carbonyl (C=O) groups is 2. The number of hydrogen-bond acceptors (Lipinski definition) is 2. The molecule has 5 heteroatoms. The highest BCUT2D eigenvalue weighted by Gasteiger charge is 2.32. The molecular weight excluding hydrogens is 199 g/mol. The maximum absolute atomic E-state index is 12.3. The van der Waals surface area contributed by atoms with E-state index in [9.17, 15) is 14.0 Å². The number of nitrogens with zero attached hydrogens (tertiary/aromatic N) is 1. The van der Waals surface area contributed by atoms with E-state index in [0.29, 0.717) is 6.42 Å². The van der Waals surface area contributed by atoms with E-state index in [4.69, 9.17) is 0 Å². The van der Waals surface area contributed by atoms with Crippen LogP contribution in [0.1, 0.15) is 26.7 Å². The van der Waals surface area contributed by atoms with Gasteiger partial charge in [-0.05, 0) is 13.3 Å². The lowest BCUT2D eigenvalue weighted by molar-refractivity contribution is -0.135. The third-order valence-electron chi connectivity index (χ3n) is 2.66. The van der Waals surface area contributed by atoms with Gasteiger partial charge in [-0.3, -0.25) is 9.59 Å². The number of hydrogen-bond donors (Lipinski definition) is 1. The summed E-state index contributed by atoms with van der Waals surface area (Å²) >= 11 is 0. The predicted octanol–water partition coefficient (Wildman–Crippen LogP) is 0.471. The summed E-state index contributed by atoms with van der Waals surface area (Å²) < 4.78 is 12.3. The topological polar surface area (TPSA) is 49.4 Å². The van der Waals surface area contributed by atoms with Crippen molar-refractivity contribution >= 4 is 11.8 Å². The van der Waals surface area contributed by atoms with Gasteiger partial charge in [0.05, 0.1) is 0 Å². The molecule has 1 heterocycles. The lowest BCUT2D eigenvalue weighted by Crippen LogP contribution is -2.46. The molecule has 1 saturated heterocycles. The average molecular weight is 216 g/mol. The first kappa shape index (κ1) is 11.9. The van der Waals surface area contributed by atoms with Gasteiger partial charge >= 0.3 is 0 Å². The zero-order valence-electron chi connectivity index (χ0n) is 9.12. The van der Waals surface area contributed by atoms with Crippen LogP contribution >= 0.6 is 0 Å². The van der Waals surface area contributed by atoms with Crippen molar-refractivity contribution in [3.05, 3.63) is 0 Å². The minimum atomic E-state index is -0.569. The van der Waals surface area contributed by atoms with Crippen LogP contribution < -0.4 is 5.32 Å². The quantitative estimate of drug-likeness (QED) is 0.745. The van der Waals surface area contributed by atoms with Gasteiger partial charge in [0.15, 0.2) is 0 Å². The van der Waals surface area contributed by atoms with Crippen LogP contribution in [-0.4, -0.2) is 42.0 Å². The van der Waals surface area contributed by atoms with E-state index in [-0.39, 0.29) is 30.8 Å². The summed E-state index contributed by atoms with van der Waals surface area (Å²) in [6.07, 6.45) is 0.794. The second kappa shape index (κ2) is 5.09. The van der Waals surface area contributed by atoms with Gasteiger partial charge in [-0.15, -0.1) is 0 Å². The van der Waals surface area contributed by atoms with Crippen molar-refractivity contribution in [2.45, 2.75) is 38.8 Å². The molecule has 0 saturated carbocycles. The minimum Gasteiger partial charge on any atom is -0.344 e. The Labute approximate surface area is 88.8 Å². The fraction of sp³-hybridized carbons (Fsp3) is 0.800. The van der Waals surface area contributed by atoms with Crippen LogP contribution in [0.4, 0.5) is 4.39 Å². The number of rotatable bonds is 3.